The minimum atomic E-state index is -1.33. The molecule has 0 aliphatic carbocycles. The number of nitrogens with one attached hydrogen (secondary N) is 1. The highest BCUT2D eigenvalue weighted by atomic mass is 35.5. The van der Waals surface area contributed by atoms with Gasteiger partial charge in [0.15, 0.2) is 0 Å². The number of aryl methyl sites for hydroxylation is 2. The van der Waals surface area contributed by atoms with Gasteiger partial charge in [-0.3, -0.25) is 9.59 Å². The number of rotatable bonds is 3. The second-order valence-corrected chi connectivity index (χ2v) is 5.59. The molecule has 124 valence electrons. The summed E-state index contributed by atoms with van der Waals surface area (Å²) in [4.78, 5) is 24.7. The summed E-state index contributed by atoms with van der Waals surface area (Å²) in [5.41, 5.74) is 0.00602. The van der Waals surface area contributed by atoms with E-state index >= 15 is 0 Å². The van der Waals surface area contributed by atoms with Gasteiger partial charge in [0.05, 0.1) is 11.8 Å². The van der Waals surface area contributed by atoms with Crippen molar-refractivity contribution in [2.45, 2.75) is 19.9 Å². The van der Waals surface area contributed by atoms with Crippen molar-refractivity contribution < 1.29 is 9.18 Å². The number of benzene rings is 1. The highest BCUT2D eigenvalue weighted by molar-refractivity contribution is 6.31. The molecule has 2 rings (SSSR count). The molecule has 0 saturated heterocycles. The molecule has 8 heteroatoms. The number of hydrogen-bond acceptors (Lipinski definition) is 4. The Labute approximate surface area is 142 Å². The molecule has 0 aliphatic rings. The van der Waals surface area contributed by atoms with E-state index in [4.69, 9.17) is 11.6 Å². The summed E-state index contributed by atoms with van der Waals surface area (Å²) >= 11 is 5.93. The molecule has 1 aromatic heterocycles. The van der Waals surface area contributed by atoms with E-state index < -0.39 is 23.3 Å². The first-order chi connectivity index (χ1) is 11.3. The fraction of sp³-hybridized carbons (Fsp3) is 0.250. The first kappa shape index (κ1) is 17.6. The first-order valence-electron chi connectivity index (χ1n) is 6.96. The molecule has 0 unspecified atom stereocenters. The summed E-state index contributed by atoms with van der Waals surface area (Å²) in [5, 5.41) is 15.6. The van der Waals surface area contributed by atoms with Crippen LogP contribution in [-0.4, -0.2) is 15.7 Å². The molecule has 1 atom stereocenters. The maximum atomic E-state index is 14.0. The largest absolute Gasteiger partial charge is 0.332 e. The quantitative estimate of drug-likeness (QED) is 0.920. The third-order valence-corrected chi connectivity index (χ3v) is 3.98. The minimum absolute atomic E-state index is 0.0115. The SMILES string of the molecule is Cc1nn(C)c(=O)c(C(=O)N[C@@H](C#N)c2c(F)cccc2Cl)c1C. The molecule has 6 nitrogen and oxygen atoms in total. The summed E-state index contributed by atoms with van der Waals surface area (Å²) in [6.45, 7) is 3.23. The van der Waals surface area contributed by atoms with E-state index in [1.807, 2.05) is 0 Å². The Kier molecular flexibility index (Phi) is 5.00. The van der Waals surface area contributed by atoms with E-state index in [1.54, 1.807) is 19.9 Å². The Bertz CT molecular complexity index is 897. The predicted octanol–water partition coefficient (Wildman–Crippen LogP) is 2.18. The van der Waals surface area contributed by atoms with E-state index in [9.17, 15) is 19.2 Å². The summed E-state index contributed by atoms with van der Waals surface area (Å²) in [5.74, 6) is -1.51. The molecule has 1 aromatic carbocycles. The van der Waals surface area contributed by atoms with Crippen molar-refractivity contribution in [3.63, 3.8) is 0 Å². The number of carbonyl (C=O) groups is 1. The number of nitrogens with zero attached hydrogens (tertiary/aromatic N) is 3. The van der Waals surface area contributed by atoms with Crippen LogP contribution in [0.3, 0.4) is 0 Å². The highest BCUT2D eigenvalue weighted by Gasteiger charge is 2.24. The topological polar surface area (TPSA) is 87.8 Å². The zero-order valence-corrected chi connectivity index (χ0v) is 14.0. The van der Waals surface area contributed by atoms with E-state index in [0.29, 0.717) is 11.3 Å². The van der Waals surface area contributed by atoms with Gasteiger partial charge in [-0.05, 0) is 31.5 Å². The van der Waals surface area contributed by atoms with Gasteiger partial charge in [0, 0.05) is 17.6 Å². The Morgan fingerprint density at radius 3 is 2.71 bits per heavy atom. The molecule has 1 heterocycles. The molecule has 1 amide bonds. The molecular formula is C16H14ClFN4O2. The van der Waals surface area contributed by atoms with Crippen LogP contribution in [0.1, 0.15) is 33.2 Å². The number of nitriles is 1. The van der Waals surface area contributed by atoms with E-state index in [1.165, 1.54) is 19.2 Å². The fourth-order valence-electron chi connectivity index (χ4n) is 2.27. The number of carbonyl (C=O) groups excluding carboxylic acids is 1. The van der Waals surface area contributed by atoms with E-state index in [-0.39, 0.29) is 16.1 Å². The molecule has 2 aromatic rings. The molecule has 0 aliphatic heterocycles. The Morgan fingerprint density at radius 1 is 1.46 bits per heavy atom. The monoisotopic (exact) mass is 348 g/mol. The van der Waals surface area contributed by atoms with Crippen molar-refractivity contribution in [3.8, 4) is 6.07 Å². The molecule has 0 fully saturated rings. The van der Waals surface area contributed by atoms with Gasteiger partial charge in [-0.2, -0.15) is 10.4 Å². The number of aromatic nitrogens is 2. The Balaban J connectivity index is 2.46. The zero-order valence-electron chi connectivity index (χ0n) is 13.2. The van der Waals surface area contributed by atoms with Gasteiger partial charge >= 0.3 is 0 Å². The summed E-state index contributed by atoms with van der Waals surface area (Å²) < 4.78 is 15.0. The first-order valence-corrected chi connectivity index (χ1v) is 7.34. The highest BCUT2D eigenvalue weighted by Crippen LogP contribution is 2.25. The van der Waals surface area contributed by atoms with Crippen molar-refractivity contribution in [1.82, 2.24) is 15.1 Å². The molecular weight excluding hydrogens is 335 g/mol. The summed E-state index contributed by atoms with van der Waals surface area (Å²) in [6, 6.07) is 4.40. The lowest BCUT2D eigenvalue weighted by atomic mass is 10.1. The standard InChI is InChI=1S/C16H14ClFN4O2/c1-8-9(2)21-22(3)16(24)13(8)15(23)20-12(7-19)14-10(17)5-4-6-11(14)18/h4-6,12H,1-3H3,(H,20,23)/t12-/m0/s1. The van der Waals surface area contributed by atoms with Crippen LogP contribution in [0.15, 0.2) is 23.0 Å². The van der Waals surface area contributed by atoms with Crippen LogP contribution in [0.2, 0.25) is 5.02 Å². The van der Waals surface area contributed by atoms with Gasteiger partial charge in [-0.25, -0.2) is 9.07 Å². The van der Waals surface area contributed by atoms with Crippen molar-refractivity contribution in [1.29, 1.82) is 5.26 Å². The lowest BCUT2D eigenvalue weighted by Crippen LogP contribution is -2.36. The van der Waals surface area contributed by atoms with Gasteiger partial charge in [0.25, 0.3) is 11.5 Å². The van der Waals surface area contributed by atoms with Gasteiger partial charge in [0.2, 0.25) is 0 Å². The molecule has 0 bridgehead atoms. The average Bonchev–Trinajstić information content (AvgIpc) is 2.52. The number of hydrogen-bond donors (Lipinski definition) is 1. The molecule has 0 saturated carbocycles. The van der Waals surface area contributed by atoms with Crippen LogP contribution in [0.25, 0.3) is 0 Å². The van der Waals surface area contributed by atoms with E-state index in [0.717, 1.165) is 10.7 Å². The third kappa shape index (κ3) is 3.14. The number of halogens is 2. The Morgan fingerprint density at radius 2 is 2.12 bits per heavy atom. The zero-order chi connectivity index (χ0) is 18.0. The van der Waals surface area contributed by atoms with Crippen LogP contribution < -0.4 is 10.9 Å². The molecule has 0 radical (unpaired) electrons. The summed E-state index contributed by atoms with van der Waals surface area (Å²) in [6.07, 6.45) is 0. The smallest absolute Gasteiger partial charge is 0.279 e. The maximum Gasteiger partial charge on any atom is 0.279 e. The maximum absolute atomic E-state index is 14.0. The normalized spacial score (nSPS) is 11.7. The fourth-order valence-corrected chi connectivity index (χ4v) is 2.55. The minimum Gasteiger partial charge on any atom is -0.332 e. The van der Waals surface area contributed by atoms with Crippen LogP contribution in [0.4, 0.5) is 4.39 Å². The summed E-state index contributed by atoms with van der Waals surface area (Å²) in [7, 11) is 1.42. The molecule has 1 N–H and O–H groups in total. The number of amides is 1. The molecule has 24 heavy (non-hydrogen) atoms. The van der Waals surface area contributed by atoms with E-state index in [2.05, 4.69) is 10.4 Å². The van der Waals surface area contributed by atoms with Crippen molar-refractivity contribution in [3.05, 3.63) is 61.8 Å². The Hall–Kier alpha value is -2.72. The van der Waals surface area contributed by atoms with Gasteiger partial charge in [-0.1, -0.05) is 17.7 Å². The average molecular weight is 349 g/mol. The second kappa shape index (κ2) is 6.81. The van der Waals surface area contributed by atoms with Gasteiger partial charge in [0.1, 0.15) is 17.4 Å². The van der Waals surface area contributed by atoms with Gasteiger partial charge in [-0.15, -0.1) is 0 Å². The molecule has 0 spiro atoms. The van der Waals surface area contributed by atoms with Crippen LogP contribution in [0, 0.1) is 31.0 Å². The third-order valence-electron chi connectivity index (χ3n) is 3.65. The lowest BCUT2D eigenvalue weighted by molar-refractivity contribution is 0.0941. The van der Waals surface area contributed by atoms with Gasteiger partial charge < -0.3 is 5.32 Å². The van der Waals surface area contributed by atoms with Crippen LogP contribution >= 0.6 is 11.6 Å². The second-order valence-electron chi connectivity index (χ2n) is 5.19. The van der Waals surface area contributed by atoms with Crippen molar-refractivity contribution in [2.75, 3.05) is 0 Å². The predicted molar refractivity (Wildman–Crippen MR) is 86.2 cm³/mol. The lowest BCUT2D eigenvalue weighted by Gasteiger charge is -2.15. The van der Waals surface area contributed by atoms with Crippen molar-refractivity contribution in [2.24, 2.45) is 7.05 Å². The van der Waals surface area contributed by atoms with Crippen LogP contribution in [-0.2, 0) is 7.05 Å². The van der Waals surface area contributed by atoms with Crippen molar-refractivity contribution >= 4 is 17.5 Å². The van der Waals surface area contributed by atoms with Crippen LogP contribution in [0.5, 0.6) is 0 Å².